The van der Waals surface area contributed by atoms with Crippen molar-refractivity contribution in [2.45, 2.75) is 19.8 Å². The normalized spacial score (nSPS) is 14.5. The van der Waals surface area contributed by atoms with Gasteiger partial charge in [0.05, 0.1) is 0 Å². The summed E-state index contributed by atoms with van der Waals surface area (Å²) in [7, 11) is 0. The first-order chi connectivity index (χ1) is 11.3. The molecule has 0 spiro atoms. The summed E-state index contributed by atoms with van der Waals surface area (Å²) in [4.78, 5) is 18.4. The molecule has 25 heavy (non-hydrogen) atoms. The van der Waals surface area contributed by atoms with Crippen molar-refractivity contribution in [1.82, 2.24) is 20.4 Å². The number of carbonyl (C=O) groups excluding carboxylic acids is 1. The number of hydrogen-bond donors (Lipinski definition) is 1. The monoisotopic (exact) mass is 386 g/mol. The van der Waals surface area contributed by atoms with Crippen molar-refractivity contribution in [3.63, 3.8) is 0 Å². The lowest BCUT2D eigenvalue weighted by molar-refractivity contribution is 0.0680. The van der Waals surface area contributed by atoms with Gasteiger partial charge in [-0.15, -0.1) is 24.8 Å². The minimum Gasteiger partial charge on any atom is -0.355 e. The molecule has 1 saturated heterocycles. The lowest BCUT2D eigenvalue weighted by atomic mass is 9.96. The number of halogens is 2. The number of likely N-dealkylation sites (tertiary alicyclic amines) is 1. The molecule has 3 heterocycles. The van der Waals surface area contributed by atoms with Gasteiger partial charge in [-0.25, -0.2) is 0 Å². The topological polar surface area (TPSA) is 71.3 Å². The standard InChI is InChI=1S/C17H22N4O2.2ClH/c1-2-18-12-13-5-9-21(10-6-13)17(22)15-11-16(23-20-15)14-3-7-19-8-4-14;;/h3-4,7-8,11,13,18H,2,5-6,9-10,12H2,1H3;2*1H. The first-order valence-corrected chi connectivity index (χ1v) is 8.15. The number of rotatable bonds is 5. The Kier molecular flexibility index (Phi) is 8.89. The van der Waals surface area contributed by atoms with Gasteiger partial charge < -0.3 is 14.7 Å². The first-order valence-electron chi connectivity index (χ1n) is 8.15. The maximum Gasteiger partial charge on any atom is 0.276 e. The van der Waals surface area contributed by atoms with E-state index >= 15 is 0 Å². The van der Waals surface area contributed by atoms with Gasteiger partial charge in [-0.1, -0.05) is 12.1 Å². The number of hydrogen-bond acceptors (Lipinski definition) is 5. The molecule has 1 aliphatic heterocycles. The van der Waals surface area contributed by atoms with Crippen LogP contribution in [-0.4, -0.2) is 47.1 Å². The summed E-state index contributed by atoms with van der Waals surface area (Å²) in [5.41, 5.74) is 1.25. The summed E-state index contributed by atoms with van der Waals surface area (Å²) in [5, 5.41) is 7.32. The van der Waals surface area contributed by atoms with Crippen molar-refractivity contribution >= 4 is 30.7 Å². The van der Waals surface area contributed by atoms with Gasteiger partial charge in [0.25, 0.3) is 5.91 Å². The number of aromatic nitrogens is 2. The minimum atomic E-state index is -0.0454. The molecule has 0 unspecified atom stereocenters. The molecule has 2 aromatic rings. The third-order valence-corrected chi connectivity index (χ3v) is 4.28. The Morgan fingerprint density at radius 3 is 2.60 bits per heavy atom. The average molecular weight is 387 g/mol. The number of nitrogens with zero attached hydrogens (tertiary/aromatic N) is 3. The van der Waals surface area contributed by atoms with E-state index in [0.29, 0.717) is 17.4 Å². The van der Waals surface area contributed by atoms with Crippen LogP contribution >= 0.6 is 24.8 Å². The van der Waals surface area contributed by atoms with Crippen LogP contribution in [0.2, 0.25) is 0 Å². The SMILES string of the molecule is CCNCC1CCN(C(=O)c2cc(-c3ccncc3)on2)CC1.Cl.Cl. The molecule has 0 atom stereocenters. The summed E-state index contributed by atoms with van der Waals surface area (Å²) in [6, 6.07) is 5.38. The smallest absolute Gasteiger partial charge is 0.276 e. The lowest BCUT2D eigenvalue weighted by Crippen LogP contribution is -2.40. The zero-order chi connectivity index (χ0) is 16.1. The molecule has 1 amide bonds. The van der Waals surface area contributed by atoms with E-state index in [-0.39, 0.29) is 30.7 Å². The Labute approximate surface area is 160 Å². The molecule has 0 aromatic carbocycles. The third kappa shape index (κ3) is 5.42. The molecule has 3 rings (SSSR count). The Balaban J connectivity index is 0.00000156. The summed E-state index contributed by atoms with van der Waals surface area (Å²) in [5.74, 6) is 1.21. The van der Waals surface area contributed by atoms with Gasteiger partial charge in [0, 0.05) is 37.1 Å². The van der Waals surface area contributed by atoms with Crippen LogP contribution in [0.3, 0.4) is 0 Å². The number of carbonyl (C=O) groups is 1. The largest absolute Gasteiger partial charge is 0.355 e. The molecule has 0 radical (unpaired) electrons. The third-order valence-electron chi connectivity index (χ3n) is 4.28. The Hall–Kier alpha value is -1.63. The van der Waals surface area contributed by atoms with Crippen LogP contribution in [0.5, 0.6) is 0 Å². The van der Waals surface area contributed by atoms with E-state index in [1.165, 1.54) is 0 Å². The molecule has 8 heteroatoms. The molecule has 0 aliphatic carbocycles. The van der Waals surface area contributed by atoms with E-state index in [1.54, 1.807) is 18.5 Å². The molecule has 0 saturated carbocycles. The predicted octanol–water partition coefficient (Wildman–Crippen LogP) is 3.04. The van der Waals surface area contributed by atoms with Gasteiger partial charge in [-0.2, -0.15) is 0 Å². The number of pyridine rings is 1. The van der Waals surface area contributed by atoms with Crippen molar-refractivity contribution in [2.75, 3.05) is 26.2 Å². The van der Waals surface area contributed by atoms with Crippen molar-refractivity contribution in [3.05, 3.63) is 36.3 Å². The van der Waals surface area contributed by atoms with Crippen LogP contribution in [0, 0.1) is 5.92 Å². The summed E-state index contributed by atoms with van der Waals surface area (Å²) in [6.45, 7) is 5.72. The van der Waals surface area contributed by atoms with E-state index < -0.39 is 0 Å². The summed E-state index contributed by atoms with van der Waals surface area (Å²) >= 11 is 0. The van der Waals surface area contributed by atoms with E-state index in [1.807, 2.05) is 17.0 Å². The highest BCUT2D eigenvalue weighted by molar-refractivity contribution is 5.93. The van der Waals surface area contributed by atoms with Gasteiger partial charge in [0.1, 0.15) is 0 Å². The van der Waals surface area contributed by atoms with Crippen LogP contribution in [0.4, 0.5) is 0 Å². The zero-order valence-electron chi connectivity index (χ0n) is 14.2. The first kappa shape index (κ1) is 21.4. The fourth-order valence-corrected chi connectivity index (χ4v) is 2.88. The number of amides is 1. The maximum absolute atomic E-state index is 12.5. The highest BCUT2D eigenvalue weighted by atomic mass is 35.5. The van der Waals surface area contributed by atoms with E-state index in [9.17, 15) is 4.79 Å². The highest BCUT2D eigenvalue weighted by Gasteiger charge is 2.25. The zero-order valence-corrected chi connectivity index (χ0v) is 15.8. The molecular weight excluding hydrogens is 363 g/mol. The molecule has 6 nitrogen and oxygen atoms in total. The highest BCUT2D eigenvalue weighted by Crippen LogP contribution is 2.22. The van der Waals surface area contributed by atoms with Crippen molar-refractivity contribution < 1.29 is 9.32 Å². The van der Waals surface area contributed by atoms with Crippen LogP contribution in [0.15, 0.2) is 35.1 Å². The Morgan fingerprint density at radius 1 is 1.28 bits per heavy atom. The van der Waals surface area contributed by atoms with Crippen LogP contribution in [0.25, 0.3) is 11.3 Å². The maximum atomic E-state index is 12.5. The molecule has 0 bridgehead atoms. The Morgan fingerprint density at radius 2 is 1.96 bits per heavy atom. The quantitative estimate of drug-likeness (QED) is 0.854. The summed E-state index contributed by atoms with van der Waals surface area (Å²) < 4.78 is 5.30. The average Bonchev–Trinajstić information content (AvgIpc) is 3.11. The second-order valence-electron chi connectivity index (χ2n) is 5.86. The number of nitrogens with one attached hydrogen (secondary N) is 1. The molecule has 1 N–H and O–H groups in total. The second-order valence-corrected chi connectivity index (χ2v) is 5.86. The second kappa shape index (κ2) is 10.4. The molecule has 2 aromatic heterocycles. The van der Waals surface area contributed by atoms with E-state index in [2.05, 4.69) is 22.4 Å². The van der Waals surface area contributed by atoms with E-state index in [0.717, 1.165) is 44.6 Å². The van der Waals surface area contributed by atoms with Gasteiger partial charge in [-0.3, -0.25) is 9.78 Å². The van der Waals surface area contributed by atoms with E-state index in [4.69, 9.17) is 4.52 Å². The van der Waals surface area contributed by atoms with Gasteiger partial charge in [0.2, 0.25) is 0 Å². The summed E-state index contributed by atoms with van der Waals surface area (Å²) in [6.07, 6.45) is 5.45. The van der Waals surface area contributed by atoms with Gasteiger partial charge >= 0.3 is 0 Å². The molecule has 1 aliphatic rings. The van der Waals surface area contributed by atoms with Gasteiger partial charge in [0.15, 0.2) is 11.5 Å². The predicted molar refractivity (Wildman–Crippen MR) is 101 cm³/mol. The van der Waals surface area contributed by atoms with Crippen LogP contribution in [0.1, 0.15) is 30.3 Å². The van der Waals surface area contributed by atoms with Crippen LogP contribution in [-0.2, 0) is 0 Å². The fraction of sp³-hybridized carbons (Fsp3) is 0.471. The number of piperidine rings is 1. The van der Waals surface area contributed by atoms with Crippen LogP contribution < -0.4 is 5.32 Å². The van der Waals surface area contributed by atoms with Crippen molar-refractivity contribution in [3.8, 4) is 11.3 Å². The Bertz CT molecular complexity index is 643. The molecule has 138 valence electrons. The van der Waals surface area contributed by atoms with Crippen molar-refractivity contribution in [1.29, 1.82) is 0 Å². The van der Waals surface area contributed by atoms with Gasteiger partial charge in [-0.05, 0) is 44.0 Å². The minimum absolute atomic E-state index is 0. The van der Waals surface area contributed by atoms with Crippen molar-refractivity contribution in [2.24, 2.45) is 5.92 Å². The lowest BCUT2D eigenvalue weighted by Gasteiger charge is -2.31. The fourth-order valence-electron chi connectivity index (χ4n) is 2.88. The molecule has 1 fully saturated rings. The molecular formula is C17H24Cl2N4O2.